The molecule has 0 saturated carbocycles. The Balaban J connectivity index is 1.73. The number of carbonyl (C=O) groups excluding carboxylic acids is 1. The Kier molecular flexibility index (Phi) is 6.11. The molecular formula is C25H26N2O2S. The highest BCUT2D eigenvalue weighted by molar-refractivity contribution is 7.16. The van der Waals surface area contributed by atoms with E-state index < -0.39 is 0 Å². The van der Waals surface area contributed by atoms with Gasteiger partial charge in [-0.1, -0.05) is 53.8 Å². The number of fused-ring (bicyclic) bond motifs is 2. The Morgan fingerprint density at radius 2 is 1.83 bits per heavy atom. The van der Waals surface area contributed by atoms with Gasteiger partial charge in [-0.25, -0.2) is 0 Å². The third kappa shape index (κ3) is 4.23. The molecule has 5 heteroatoms. The van der Waals surface area contributed by atoms with Gasteiger partial charge in [-0.05, 0) is 60.4 Å². The van der Waals surface area contributed by atoms with Crippen LogP contribution in [0, 0.1) is 13.8 Å². The molecule has 154 valence electrons. The molecule has 0 N–H and O–H groups in total. The average molecular weight is 419 g/mol. The van der Waals surface area contributed by atoms with E-state index in [2.05, 4.69) is 53.7 Å². The standard InChI is InChI=1S/C25H26N2O2S/c1-4-29-13-12-27-22-14-17(2)18(3)15-23(22)30-25(27)26-24(28)16-20-10-7-9-19-8-5-6-11-21(19)20/h5-11,14-15H,4,12-13,16H2,1-3H3. The second kappa shape index (κ2) is 8.94. The zero-order chi connectivity index (χ0) is 21.1. The molecule has 0 unspecified atom stereocenters. The van der Waals surface area contributed by atoms with Crippen molar-refractivity contribution in [2.45, 2.75) is 33.7 Å². The highest BCUT2D eigenvalue weighted by Crippen LogP contribution is 2.22. The number of hydrogen-bond donors (Lipinski definition) is 0. The van der Waals surface area contributed by atoms with Crippen molar-refractivity contribution in [3.05, 3.63) is 76.1 Å². The lowest BCUT2D eigenvalue weighted by atomic mass is 10.0. The fourth-order valence-electron chi connectivity index (χ4n) is 3.68. The highest BCUT2D eigenvalue weighted by atomic mass is 32.1. The van der Waals surface area contributed by atoms with E-state index in [4.69, 9.17) is 4.74 Å². The molecule has 0 saturated heterocycles. The zero-order valence-corrected chi connectivity index (χ0v) is 18.5. The van der Waals surface area contributed by atoms with Gasteiger partial charge < -0.3 is 9.30 Å². The number of nitrogens with zero attached hydrogens (tertiary/aromatic N) is 2. The van der Waals surface area contributed by atoms with E-state index in [0.29, 0.717) is 26.2 Å². The van der Waals surface area contributed by atoms with Crippen LogP contribution in [0.25, 0.3) is 21.0 Å². The number of amides is 1. The molecule has 1 amide bonds. The molecule has 4 aromatic rings. The van der Waals surface area contributed by atoms with Crippen LogP contribution >= 0.6 is 11.3 Å². The van der Waals surface area contributed by atoms with Crippen molar-refractivity contribution in [2.75, 3.05) is 13.2 Å². The van der Waals surface area contributed by atoms with Gasteiger partial charge in [0.1, 0.15) is 0 Å². The molecular weight excluding hydrogens is 392 g/mol. The highest BCUT2D eigenvalue weighted by Gasteiger charge is 2.11. The van der Waals surface area contributed by atoms with Crippen LogP contribution in [0.2, 0.25) is 0 Å². The van der Waals surface area contributed by atoms with Crippen LogP contribution in [0.1, 0.15) is 23.6 Å². The van der Waals surface area contributed by atoms with Crippen LogP contribution in [0.4, 0.5) is 0 Å². The van der Waals surface area contributed by atoms with Crippen molar-refractivity contribution in [3.63, 3.8) is 0 Å². The first-order valence-corrected chi connectivity index (χ1v) is 11.1. The van der Waals surface area contributed by atoms with Gasteiger partial charge in [0.25, 0.3) is 5.91 Å². The molecule has 3 aromatic carbocycles. The number of aryl methyl sites for hydroxylation is 2. The van der Waals surface area contributed by atoms with Gasteiger partial charge >= 0.3 is 0 Å². The molecule has 4 nitrogen and oxygen atoms in total. The Bertz CT molecular complexity index is 1280. The fourth-order valence-corrected chi connectivity index (χ4v) is 4.83. The molecule has 30 heavy (non-hydrogen) atoms. The van der Waals surface area contributed by atoms with E-state index in [9.17, 15) is 4.79 Å². The molecule has 0 bridgehead atoms. The summed E-state index contributed by atoms with van der Waals surface area (Å²) in [4.78, 5) is 18.2. The number of rotatable bonds is 6. The predicted molar refractivity (Wildman–Crippen MR) is 124 cm³/mol. The molecule has 0 fully saturated rings. The molecule has 0 aliphatic heterocycles. The average Bonchev–Trinajstić information content (AvgIpc) is 3.04. The number of hydrogen-bond acceptors (Lipinski definition) is 3. The van der Waals surface area contributed by atoms with E-state index in [1.54, 1.807) is 11.3 Å². The van der Waals surface area contributed by atoms with Crippen molar-refractivity contribution >= 4 is 38.2 Å². The van der Waals surface area contributed by atoms with E-state index in [-0.39, 0.29) is 5.91 Å². The SMILES string of the molecule is CCOCCn1c(=NC(=O)Cc2cccc3ccccc23)sc2cc(C)c(C)cc21. The number of carbonyl (C=O) groups is 1. The number of aromatic nitrogens is 1. The summed E-state index contributed by atoms with van der Waals surface area (Å²) in [5.41, 5.74) is 4.60. The maximum Gasteiger partial charge on any atom is 0.252 e. The largest absolute Gasteiger partial charge is 0.380 e. The Morgan fingerprint density at radius 1 is 1.07 bits per heavy atom. The monoisotopic (exact) mass is 418 g/mol. The Hall–Kier alpha value is -2.76. The summed E-state index contributed by atoms with van der Waals surface area (Å²) in [6.07, 6.45) is 0.291. The quantitative estimate of drug-likeness (QED) is 0.405. The second-order valence-corrected chi connectivity index (χ2v) is 8.47. The number of benzene rings is 3. The van der Waals surface area contributed by atoms with Gasteiger partial charge in [0, 0.05) is 13.2 Å². The normalized spacial score (nSPS) is 12.2. The smallest absolute Gasteiger partial charge is 0.252 e. The molecule has 1 aromatic heterocycles. The first-order valence-electron chi connectivity index (χ1n) is 10.3. The van der Waals surface area contributed by atoms with Gasteiger partial charge in [-0.3, -0.25) is 4.79 Å². The van der Waals surface area contributed by atoms with Crippen LogP contribution in [0.3, 0.4) is 0 Å². The van der Waals surface area contributed by atoms with E-state index >= 15 is 0 Å². The summed E-state index contributed by atoms with van der Waals surface area (Å²) in [7, 11) is 0. The fraction of sp³-hybridized carbons (Fsp3) is 0.280. The Morgan fingerprint density at radius 3 is 2.67 bits per heavy atom. The van der Waals surface area contributed by atoms with Crippen LogP contribution in [-0.4, -0.2) is 23.7 Å². The van der Waals surface area contributed by atoms with Crippen molar-refractivity contribution < 1.29 is 9.53 Å². The van der Waals surface area contributed by atoms with Crippen molar-refractivity contribution in [1.29, 1.82) is 0 Å². The van der Waals surface area contributed by atoms with Crippen LogP contribution in [-0.2, 0) is 22.5 Å². The van der Waals surface area contributed by atoms with E-state index in [1.165, 1.54) is 11.1 Å². The van der Waals surface area contributed by atoms with E-state index in [1.807, 2.05) is 31.2 Å². The first kappa shape index (κ1) is 20.5. The van der Waals surface area contributed by atoms with Gasteiger partial charge in [0.2, 0.25) is 0 Å². The van der Waals surface area contributed by atoms with Crippen molar-refractivity contribution in [1.82, 2.24) is 4.57 Å². The predicted octanol–water partition coefficient (Wildman–Crippen LogP) is 5.18. The maximum atomic E-state index is 12.9. The van der Waals surface area contributed by atoms with Gasteiger partial charge in [-0.2, -0.15) is 4.99 Å². The lowest BCUT2D eigenvalue weighted by molar-refractivity contribution is -0.117. The minimum absolute atomic E-state index is 0.128. The van der Waals surface area contributed by atoms with Crippen molar-refractivity contribution in [2.24, 2.45) is 4.99 Å². The molecule has 1 heterocycles. The molecule has 0 spiro atoms. The molecule has 0 aliphatic rings. The minimum atomic E-state index is -0.128. The summed E-state index contributed by atoms with van der Waals surface area (Å²) in [5.74, 6) is -0.128. The zero-order valence-electron chi connectivity index (χ0n) is 17.6. The third-order valence-electron chi connectivity index (χ3n) is 5.40. The Labute approximate surface area is 180 Å². The molecule has 0 aliphatic carbocycles. The molecule has 0 atom stereocenters. The second-order valence-electron chi connectivity index (χ2n) is 7.46. The van der Waals surface area contributed by atoms with Crippen LogP contribution in [0.5, 0.6) is 0 Å². The van der Waals surface area contributed by atoms with Gasteiger partial charge in [0.05, 0.1) is 23.2 Å². The summed E-state index contributed by atoms with van der Waals surface area (Å²) in [5, 5.41) is 2.25. The summed E-state index contributed by atoms with van der Waals surface area (Å²) >= 11 is 1.57. The summed E-state index contributed by atoms with van der Waals surface area (Å²) in [6.45, 7) is 8.16. The van der Waals surface area contributed by atoms with Gasteiger partial charge in [-0.15, -0.1) is 0 Å². The summed E-state index contributed by atoms with van der Waals surface area (Å²) < 4.78 is 8.83. The minimum Gasteiger partial charge on any atom is -0.380 e. The maximum absolute atomic E-state index is 12.9. The number of thiazole rings is 1. The molecule has 0 radical (unpaired) electrons. The topological polar surface area (TPSA) is 43.6 Å². The van der Waals surface area contributed by atoms with E-state index in [0.717, 1.165) is 31.4 Å². The van der Waals surface area contributed by atoms with Crippen LogP contribution in [0.15, 0.2) is 59.6 Å². The molecule has 4 rings (SSSR count). The van der Waals surface area contributed by atoms with Gasteiger partial charge in [0.15, 0.2) is 4.80 Å². The number of ether oxygens (including phenoxy) is 1. The summed E-state index contributed by atoms with van der Waals surface area (Å²) in [6, 6.07) is 18.6. The first-order chi connectivity index (χ1) is 14.6. The third-order valence-corrected chi connectivity index (χ3v) is 6.44. The lowest BCUT2D eigenvalue weighted by Crippen LogP contribution is -2.20. The van der Waals surface area contributed by atoms with Crippen LogP contribution < -0.4 is 4.80 Å². The van der Waals surface area contributed by atoms with Crippen molar-refractivity contribution in [3.8, 4) is 0 Å². The lowest BCUT2D eigenvalue weighted by Gasteiger charge is -2.07.